The lowest BCUT2D eigenvalue weighted by Crippen LogP contribution is -2.42. The first-order valence-corrected chi connectivity index (χ1v) is 12.4. The Morgan fingerprint density at radius 2 is 1.93 bits per heavy atom. The first-order chi connectivity index (χ1) is 13.3. The molecule has 1 aliphatic rings. The van der Waals surface area contributed by atoms with Crippen LogP contribution in [0, 0.1) is 18.8 Å². The second-order valence-electron chi connectivity index (χ2n) is 7.23. The van der Waals surface area contributed by atoms with E-state index in [-0.39, 0.29) is 17.7 Å². The predicted molar refractivity (Wildman–Crippen MR) is 116 cm³/mol. The Bertz CT molecular complexity index is 934. The minimum absolute atomic E-state index is 0.0340. The van der Waals surface area contributed by atoms with E-state index < -0.39 is 10.0 Å². The molecule has 2 heterocycles. The molecule has 5 nitrogen and oxygen atoms in total. The molecular formula is C20H25BrN2O3S2. The van der Waals surface area contributed by atoms with Crippen LogP contribution in [0.15, 0.2) is 44.4 Å². The van der Waals surface area contributed by atoms with Crippen molar-refractivity contribution >= 4 is 43.2 Å². The number of amides is 1. The lowest BCUT2D eigenvalue weighted by atomic mass is 9.85. The molecule has 0 spiro atoms. The van der Waals surface area contributed by atoms with E-state index in [2.05, 4.69) is 21.2 Å². The Morgan fingerprint density at radius 1 is 1.25 bits per heavy atom. The summed E-state index contributed by atoms with van der Waals surface area (Å²) in [6, 6.07) is 11.4. The van der Waals surface area contributed by atoms with E-state index >= 15 is 0 Å². The number of piperidine rings is 1. The average Bonchev–Trinajstić information content (AvgIpc) is 3.14. The smallest absolute Gasteiger partial charge is 0.252 e. The zero-order valence-electron chi connectivity index (χ0n) is 16.0. The highest BCUT2D eigenvalue weighted by Crippen LogP contribution is 2.32. The molecular weight excluding hydrogens is 460 g/mol. The van der Waals surface area contributed by atoms with Gasteiger partial charge in [0.1, 0.15) is 4.21 Å². The third kappa shape index (κ3) is 4.84. The molecule has 28 heavy (non-hydrogen) atoms. The second-order valence-corrected chi connectivity index (χ2v) is 11.9. The molecule has 3 rings (SSSR count). The maximum absolute atomic E-state index is 12.7. The zero-order chi connectivity index (χ0) is 20.3. The van der Waals surface area contributed by atoms with Gasteiger partial charge < -0.3 is 5.32 Å². The lowest BCUT2D eigenvalue weighted by molar-refractivity contribution is -0.126. The molecule has 152 valence electrons. The normalized spacial score (nSPS) is 17.4. The molecule has 1 fully saturated rings. The summed E-state index contributed by atoms with van der Waals surface area (Å²) in [6.45, 7) is 5.41. The number of nitrogens with zero attached hydrogens (tertiary/aromatic N) is 1. The number of aryl methyl sites for hydroxylation is 1. The van der Waals surface area contributed by atoms with E-state index in [4.69, 9.17) is 0 Å². The molecule has 1 aromatic heterocycles. The number of hydrogen-bond donors (Lipinski definition) is 1. The molecule has 1 saturated heterocycles. The summed E-state index contributed by atoms with van der Waals surface area (Å²) >= 11 is 4.55. The van der Waals surface area contributed by atoms with Crippen molar-refractivity contribution in [1.82, 2.24) is 9.62 Å². The summed E-state index contributed by atoms with van der Waals surface area (Å²) in [4.78, 5) is 12.6. The number of carbonyl (C=O) groups excluding carboxylic acids is 1. The molecule has 1 aliphatic heterocycles. The number of rotatable bonds is 6. The number of thiophene rings is 1. The van der Waals surface area contributed by atoms with Gasteiger partial charge in [-0.3, -0.25) is 4.79 Å². The van der Waals surface area contributed by atoms with Gasteiger partial charge in [0.25, 0.3) is 10.0 Å². The number of sulfonamides is 1. The highest BCUT2D eigenvalue weighted by molar-refractivity contribution is 9.11. The van der Waals surface area contributed by atoms with Crippen molar-refractivity contribution in [2.75, 3.05) is 13.1 Å². The van der Waals surface area contributed by atoms with Crippen molar-refractivity contribution in [3.8, 4) is 0 Å². The Labute approximate surface area is 179 Å². The molecule has 8 heteroatoms. The van der Waals surface area contributed by atoms with Crippen molar-refractivity contribution in [3.63, 3.8) is 0 Å². The lowest BCUT2D eigenvalue weighted by Gasteiger charge is -2.33. The number of carbonyl (C=O) groups is 1. The van der Waals surface area contributed by atoms with Gasteiger partial charge in [0.15, 0.2) is 0 Å². The fraction of sp³-hybridized carbons (Fsp3) is 0.450. The van der Waals surface area contributed by atoms with Crippen LogP contribution in [0.3, 0.4) is 0 Å². The van der Waals surface area contributed by atoms with Gasteiger partial charge in [0.05, 0.1) is 3.79 Å². The second kappa shape index (κ2) is 9.07. The van der Waals surface area contributed by atoms with Crippen LogP contribution in [-0.4, -0.2) is 31.7 Å². The zero-order valence-corrected chi connectivity index (χ0v) is 19.2. The first-order valence-electron chi connectivity index (χ1n) is 9.36. The highest BCUT2D eigenvalue weighted by atomic mass is 79.9. The third-order valence-electron chi connectivity index (χ3n) is 5.48. The Kier molecular flexibility index (Phi) is 6.96. The van der Waals surface area contributed by atoms with Crippen molar-refractivity contribution < 1.29 is 13.2 Å². The van der Waals surface area contributed by atoms with E-state index in [1.54, 1.807) is 16.4 Å². The summed E-state index contributed by atoms with van der Waals surface area (Å²) < 4.78 is 28.2. The molecule has 0 bridgehead atoms. The van der Waals surface area contributed by atoms with Crippen molar-refractivity contribution in [2.45, 2.75) is 37.4 Å². The summed E-state index contributed by atoms with van der Waals surface area (Å²) in [5, 5.41) is 3.03. The van der Waals surface area contributed by atoms with Crippen LogP contribution >= 0.6 is 27.3 Å². The van der Waals surface area contributed by atoms with Gasteiger partial charge in [-0.05, 0) is 64.9 Å². The van der Waals surface area contributed by atoms with Crippen molar-refractivity contribution in [1.29, 1.82) is 0 Å². The SMILES string of the molecule is Cc1ccccc1CNC(=O)[C@H](C)C1CCN(S(=O)(=O)c2ccc(Br)s2)CC1. The van der Waals surface area contributed by atoms with Gasteiger partial charge in [0.2, 0.25) is 5.91 Å². The topological polar surface area (TPSA) is 66.5 Å². The van der Waals surface area contributed by atoms with Gasteiger partial charge in [-0.15, -0.1) is 11.3 Å². The summed E-state index contributed by atoms with van der Waals surface area (Å²) in [5.74, 6) is 0.0925. The van der Waals surface area contributed by atoms with E-state index in [9.17, 15) is 13.2 Å². The van der Waals surface area contributed by atoms with Crippen LogP contribution in [0.1, 0.15) is 30.9 Å². The van der Waals surface area contributed by atoms with Crippen molar-refractivity contribution in [3.05, 3.63) is 51.3 Å². The molecule has 0 radical (unpaired) electrons. The van der Waals surface area contributed by atoms with Gasteiger partial charge in [-0.1, -0.05) is 31.2 Å². The van der Waals surface area contributed by atoms with E-state index in [0.717, 1.165) is 14.9 Å². The molecule has 1 N–H and O–H groups in total. The fourth-order valence-corrected chi connectivity index (χ4v) is 7.18. The molecule has 1 aromatic carbocycles. The van der Waals surface area contributed by atoms with Gasteiger partial charge in [0, 0.05) is 25.6 Å². The Balaban J connectivity index is 1.54. The monoisotopic (exact) mass is 484 g/mol. The fourth-order valence-electron chi connectivity index (χ4n) is 3.55. The maximum Gasteiger partial charge on any atom is 0.252 e. The molecule has 1 atom stereocenters. The Hall–Kier alpha value is -1.22. The molecule has 0 aliphatic carbocycles. The van der Waals surface area contributed by atoms with Crippen LogP contribution in [0.2, 0.25) is 0 Å². The average molecular weight is 485 g/mol. The van der Waals surface area contributed by atoms with Gasteiger partial charge in [-0.2, -0.15) is 4.31 Å². The standard InChI is InChI=1S/C20H25BrN2O3S2/c1-14-5-3-4-6-17(14)13-22-20(24)15(2)16-9-11-23(12-10-16)28(25,26)19-8-7-18(21)27-19/h3-8,15-16H,9-13H2,1-2H3,(H,22,24)/t15-/m1/s1. The van der Waals surface area contributed by atoms with Crippen LogP contribution in [0.5, 0.6) is 0 Å². The highest BCUT2D eigenvalue weighted by Gasteiger charge is 2.34. The predicted octanol–water partition coefficient (Wildman–Crippen LogP) is 4.17. The van der Waals surface area contributed by atoms with Crippen LogP contribution < -0.4 is 5.32 Å². The number of hydrogen-bond acceptors (Lipinski definition) is 4. The number of halogens is 1. The van der Waals surface area contributed by atoms with Gasteiger partial charge in [-0.25, -0.2) is 8.42 Å². The Morgan fingerprint density at radius 3 is 2.54 bits per heavy atom. The number of benzene rings is 1. The summed E-state index contributed by atoms with van der Waals surface area (Å²) in [6.07, 6.45) is 1.40. The van der Waals surface area contributed by atoms with Crippen molar-refractivity contribution in [2.24, 2.45) is 11.8 Å². The van der Waals surface area contributed by atoms with E-state index in [1.807, 2.05) is 38.1 Å². The maximum atomic E-state index is 12.7. The van der Waals surface area contributed by atoms with E-state index in [0.29, 0.717) is 36.7 Å². The van der Waals surface area contributed by atoms with E-state index in [1.165, 1.54) is 11.3 Å². The number of nitrogens with one attached hydrogen (secondary N) is 1. The molecule has 2 aromatic rings. The third-order valence-corrected chi connectivity index (χ3v) is 9.47. The first kappa shape index (κ1) is 21.5. The molecule has 0 unspecified atom stereocenters. The minimum Gasteiger partial charge on any atom is -0.352 e. The quantitative estimate of drug-likeness (QED) is 0.668. The molecule has 0 saturated carbocycles. The van der Waals surface area contributed by atoms with Crippen LogP contribution in [0.4, 0.5) is 0 Å². The minimum atomic E-state index is -3.44. The molecule has 1 amide bonds. The summed E-state index contributed by atoms with van der Waals surface area (Å²) in [5.41, 5.74) is 2.28. The largest absolute Gasteiger partial charge is 0.352 e. The summed E-state index contributed by atoms with van der Waals surface area (Å²) in [7, 11) is -3.44. The van der Waals surface area contributed by atoms with Crippen LogP contribution in [-0.2, 0) is 21.4 Å². The van der Waals surface area contributed by atoms with Gasteiger partial charge >= 0.3 is 0 Å². The van der Waals surface area contributed by atoms with Crippen LogP contribution in [0.25, 0.3) is 0 Å².